The molecule has 0 saturated heterocycles. The van der Waals surface area contributed by atoms with Crippen molar-refractivity contribution in [1.29, 1.82) is 0 Å². The average molecular weight is 456 g/mol. The number of hydrogen-bond donors (Lipinski definition) is 3. The molecule has 31 heavy (non-hydrogen) atoms. The van der Waals surface area contributed by atoms with Crippen molar-refractivity contribution in [3.8, 4) is 5.75 Å². The number of sulfonamides is 1. The highest BCUT2D eigenvalue weighted by Crippen LogP contribution is 2.25. The number of aliphatic hydroxyl groups is 1. The van der Waals surface area contributed by atoms with Gasteiger partial charge in [-0.15, -0.1) is 0 Å². The van der Waals surface area contributed by atoms with Crippen LogP contribution in [0.2, 0.25) is 0 Å². The Morgan fingerprint density at radius 1 is 1.19 bits per heavy atom. The van der Waals surface area contributed by atoms with E-state index in [9.17, 15) is 17.9 Å². The molecule has 4 N–H and O–H groups in total. The van der Waals surface area contributed by atoms with Gasteiger partial charge in [-0.25, -0.2) is 22.9 Å². The predicted octanol–water partition coefficient (Wildman–Crippen LogP) is 1.97. The monoisotopic (exact) mass is 455 g/mol. The molecule has 0 aliphatic rings. The summed E-state index contributed by atoms with van der Waals surface area (Å²) in [6.45, 7) is 5.79. The van der Waals surface area contributed by atoms with Gasteiger partial charge in [0.25, 0.3) is 0 Å². The number of ether oxygens (including phenoxy) is 1. The van der Waals surface area contributed by atoms with Gasteiger partial charge in [-0.1, -0.05) is 26.8 Å². The highest BCUT2D eigenvalue weighted by atomic mass is 32.2. The molecule has 1 heterocycles. The van der Waals surface area contributed by atoms with E-state index in [-0.39, 0.29) is 36.1 Å². The lowest BCUT2D eigenvalue weighted by Gasteiger charge is -2.19. The van der Waals surface area contributed by atoms with Crippen LogP contribution in [0.15, 0.2) is 18.2 Å². The summed E-state index contributed by atoms with van der Waals surface area (Å²) in [7, 11) is -2.46. The summed E-state index contributed by atoms with van der Waals surface area (Å²) in [5.74, 6) is -0.210. The molecule has 2 aromatic rings. The molecule has 0 amide bonds. The SMILES string of the molecule is COc1ccc([C@H](C)Cc2nc(CS(N)(=O)=O)nc(N[C@@H](CO)CC(C)C)n2)cc1F. The number of aliphatic hydroxyl groups excluding tert-OH is 1. The van der Waals surface area contributed by atoms with E-state index in [0.29, 0.717) is 30.1 Å². The van der Waals surface area contributed by atoms with Gasteiger partial charge >= 0.3 is 0 Å². The predicted molar refractivity (Wildman–Crippen MR) is 116 cm³/mol. The minimum atomic E-state index is -3.85. The van der Waals surface area contributed by atoms with E-state index in [0.717, 1.165) is 0 Å². The molecule has 2 atom stereocenters. The van der Waals surface area contributed by atoms with E-state index >= 15 is 0 Å². The van der Waals surface area contributed by atoms with Crippen LogP contribution in [-0.4, -0.2) is 48.2 Å². The zero-order chi connectivity index (χ0) is 23.2. The third-order valence-corrected chi connectivity index (χ3v) is 5.26. The quantitative estimate of drug-likeness (QED) is 0.467. The number of aromatic nitrogens is 3. The van der Waals surface area contributed by atoms with Gasteiger partial charge < -0.3 is 15.2 Å². The van der Waals surface area contributed by atoms with Crippen LogP contribution in [0.4, 0.5) is 10.3 Å². The number of nitrogens with one attached hydrogen (secondary N) is 1. The smallest absolute Gasteiger partial charge is 0.226 e. The van der Waals surface area contributed by atoms with Gasteiger partial charge in [-0.05, 0) is 36.0 Å². The third-order valence-electron chi connectivity index (χ3n) is 4.60. The number of nitrogens with zero attached hydrogens (tertiary/aromatic N) is 3. The molecule has 0 bridgehead atoms. The number of methoxy groups -OCH3 is 1. The molecule has 1 aromatic carbocycles. The molecule has 2 rings (SSSR count). The second-order valence-corrected chi connectivity index (χ2v) is 9.57. The van der Waals surface area contributed by atoms with Gasteiger partial charge in [0.15, 0.2) is 17.4 Å². The van der Waals surface area contributed by atoms with E-state index in [4.69, 9.17) is 9.88 Å². The molecule has 1 aromatic heterocycles. The van der Waals surface area contributed by atoms with Crippen molar-refractivity contribution in [3.63, 3.8) is 0 Å². The van der Waals surface area contributed by atoms with Crippen LogP contribution >= 0.6 is 0 Å². The Kier molecular flexibility index (Phi) is 8.66. The van der Waals surface area contributed by atoms with Gasteiger partial charge in [0.05, 0.1) is 19.8 Å². The fourth-order valence-electron chi connectivity index (χ4n) is 3.18. The molecule has 0 fully saturated rings. The Morgan fingerprint density at radius 3 is 2.42 bits per heavy atom. The zero-order valence-electron chi connectivity index (χ0n) is 18.2. The maximum atomic E-state index is 14.1. The summed E-state index contributed by atoms with van der Waals surface area (Å²) in [6.07, 6.45) is 0.984. The summed E-state index contributed by atoms with van der Waals surface area (Å²) in [5.41, 5.74) is 0.717. The Labute approximate surface area is 182 Å². The number of benzene rings is 1. The van der Waals surface area contributed by atoms with Crippen molar-refractivity contribution in [2.75, 3.05) is 19.0 Å². The first kappa shape index (κ1) is 24.9. The maximum absolute atomic E-state index is 14.1. The molecule has 0 radical (unpaired) electrons. The Bertz CT molecular complexity index is 988. The van der Waals surface area contributed by atoms with E-state index in [2.05, 4.69) is 20.3 Å². The van der Waals surface area contributed by atoms with Crippen molar-refractivity contribution in [2.45, 2.75) is 51.3 Å². The number of rotatable bonds is 11. The Morgan fingerprint density at radius 2 is 1.87 bits per heavy atom. The highest BCUT2D eigenvalue weighted by molar-refractivity contribution is 7.88. The van der Waals surface area contributed by atoms with E-state index in [1.165, 1.54) is 13.2 Å². The van der Waals surface area contributed by atoms with Crippen LogP contribution in [-0.2, 0) is 22.2 Å². The lowest BCUT2D eigenvalue weighted by molar-refractivity contribution is 0.259. The number of nitrogens with two attached hydrogens (primary N) is 1. The van der Waals surface area contributed by atoms with E-state index < -0.39 is 21.6 Å². The van der Waals surface area contributed by atoms with E-state index in [1.807, 2.05) is 20.8 Å². The molecular weight excluding hydrogens is 425 g/mol. The Balaban J connectivity index is 2.31. The van der Waals surface area contributed by atoms with Crippen LogP contribution in [0.5, 0.6) is 5.75 Å². The number of hydrogen-bond acceptors (Lipinski definition) is 8. The van der Waals surface area contributed by atoms with Gasteiger partial charge in [0.1, 0.15) is 11.6 Å². The second-order valence-electron chi connectivity index (χ2n) is 7.95. The van der Waals surface area contributed by atoms with Gasteiger partial charge in [-0.2, -0.15) is 9.97 Å². The number of anilines is 1. The minimum absolute atomic E-state index is 0.00403. The first-order chi connectivity index (χ1) is 14.5. The molecule has 11 heteroatoms. The van der Waals surface area contributed by atoms with Crippen LogP contribution in [0.1, 0.15) is 50.3 Å². The van der Waals surface area contributed by atoms with Crippen LogP contribution in [0.3, 0.4) is 0 Å². The highest BCUT2D eigenvalue weighted by Gasteiger charge is 2.18. The molecule has 0 spiro atoms. The third kappa shape index (κ3) is 8.00. The molecule has 0 unspecified atom stereocenters. The fraction of sp³-hybridized carbons (Fsp3) is 0.550. The topological polar surface area (TPSA) is 140 Å². The molecule has 172 valence electrons. The van der Waals surface area contributed by atoms with Crippen molar-refractivity contribution >= 4 is 16.0 Å². The largest absolute Gasteiger partial charge is 0.494 e. The summed E-state index contributed by atoms with van der Waals surface area (Å²) < 4.78 is 42.1. The van der Waals surface area contributed by atoms with Gasteiger partial charge in [0, 0.05) is 6.42 Å². The van der Waals surface area contributed by atoms with Gasteiger partial charge in [0.2, 0.25) is 16.0 Å². The number of primary sulfonamides is 1. The minimum Gasteiger partial charge on any atom is -0.494 e. The van der Waals surface area contributed by atoms with Crippen molar-refractivity contribution in [2.24, 2.45) is 11.1 Å². The average Bonchev–Trinajstić information content (AvgIpc) is 2.65. The fourth-order valence-corrected chi connectivity index (χ4v) is 3.67. The van der Waals surface area contributed by atoms with Crippen molar-refractivity contribution in [1.82, 2.24) is 15.0 Å². The summed E-state index contributed by atoms with van der Waals surface area (Å²) in [5, 5.41) is 17.8. The van der Waals surface area contributed by atoms with Gasteiger partial charge in [-0.3, -0.25) is 0 Å². The molecule has 0 aliphatic heterocycles. The normalized spacial score (nSPS) is 13.8. The Hall–Kier alpha value is -2.37. The van der Waals surface area contributed by atoms with Crippen molar-refractivity contribution < 1.29 is 22.7 Å². The molecule has 0 aliphatic carbocycles. The first-order valence-electron chi connectivity index (χ1n) is 9.95. The summed E-state index contributed by atoms with van der Waals surface area (Å²) >= 11 is 0. The van der Waals surface area contributed by atoms with Crippen LogP contribution < -0.4 is 15.2 Å². The van der Waals surface area contributed by atoms with Crippen molar-refractivity contribution in [3.05, 3.63) is 41.2 Å². The number of halogens is 1. The second kappa shape index (κ2) is 10.8. The van der Waals surface area contributed by atoms with Crippen LogP contribution in [0, 0.1) is 11.7 Å². The van der Waals surface area contributed by atoms with E-state index in [1.54, 1.807) is 12.1 Å². The molecule has 0 saturated carbocycles. The zero-order valence-corrected chi connectivity index (χ0v) is 19.0. The van der Waals surface area contributed by atoms with Crippen LogP contribution in [0.25, 0.3) is 0 Å². The lowest BCUT2D eigenvalue weighted by Crippen LogP contribution is -2.28. The first-order valence-corrected chi connectivity index (χ1v) is 11.7. The molecule has 9 nitrogen and oxygen atoms in total. The standard InChI is InChI=1S/C20H30FN5O4S/c1-12(2)7-15(10-27)23-20-25-18(24-19(26-20)11-31(22,28)29)8-13(3)14-5-6-17(30-4)16(21)9-14/h5-6,9,12-13,15,27H,7-8,10-11H2,1-4H3,(H2,22,28,29)(H,23,24,25,26)/t13-,15-/m1/s1. The lowest BCUT2D eigenvalue weighted by atomic mass is 9.97. The maximum Gasteiger partial charge on any atom is 0.226 e. The summed E-state index contributed by atoms with van der Waals surface area (Å²) in [4.78, 5) is 12.8. The molecular formula is C20H30FN5O4S. The summed E-state index contributed by atoms with van der Waals surface area (Å²) in [6, 6.07) is 4.39.